The highest BCUT2D eigenvalue weighted by molar-refractivity contribution is 6.29. The van der Waals surface area contributed by atoms with Gasteiger partial charge in [0.2, 0.25) is 5.95 Å². The van der Waals surface area contributed by atoms with Crippen molar-refractivity contribution in [2.75, 3.05) is 18.4 Å². The number of anilines is 1. The predicted molar refractivity (Wildman–Crippen MR) is 56.6 cm³/mol. The Morgan fingerprint density at radius 3 is 2.93 bits per heavy atom. The van der Waals surface area contributed by atoms with Gasteiger partial charge in [0.25, 0.3) is 0 Å². The van der Waals surface area contributed by atoms with Gasteiger partial charge in [-0.2, -0.15) is 0 Å². The van der Waals surface area contributed by atoms with E-state index >= 15 is 0 Å². The van der Waals surface area contributed by atoms with E-state index in [2.05, 4.69) is 20.6 Å². The standard InChI is InChI=1S/C9H13ClN4/c10-8-3-6-12-9(14-8)13-7-1-4-11-5-2-7/h3,6-7,11H,1-2,4-5H2,(H,12,13,14). The van der Waals surface area contributed by atoms with Crippen LogP contribution in [-0.2, 0) is 0 Å². The average Bonchev–Trinajstić information content (AvgIpc) is 2.19. The second-order valence-electron chi connectivity index (χ2n) is 3.37. The van der Waals surface area contributed by atoms with Gasteiger partial charge in [-0.05, 0) is 32.0 Å². The lowest BCUT2D eigenvalue weighted by Crippen LogP contribution is -2.35. The number of nitrogens with one attached hydrogen (secondary N) is 2. The molecule has 1 aliphatic heterocycles. The maximum absolute atomic E-state index is 5.76. The van der Waals surface area contributed by atoms with Crippen molar-refractivity contribution in [2.45, 2.75) is 18.9 Å². The van der Waals surface area contributed by atoms with Gasteiger partial charge in [0.15, 0.2) is 0 Å². The SMILES string of the molecule is Clc1ccnc(NC2CCNCC2)n1. The van der Waals surface area contributed by atoms with Gasteiger partial charge in [0.05, 0.1) is 0 Å². The zero-order valence-corrected chi connectivity index (χ0v) is 8.59. The topological polar surface area (TPSA) is 49.8 Å². The molecule has 0 aliphatic carbocycles. The number of aromatic nitrogens is 2. The van der Waals surface area contributed by atoms with Crippen LogP contribution in [-0.4, -0.2) is 29.1 Å². The van der Waals surface area contributed by atoms with Crippen LogP contribution in [0.15, 0.2) is 12.3 Å². The Labute approximate surface area is 88.1 Å². The van der Waals surface area contributed by atoms with Gasteiger partial charge in [-0.1, -0.05) is 11.6 Å². The molecule has 0 unspecified atom stereocenters. The maximum Gasteiger partial charge on any atom is 0.224 e. The van der Waals surface area contributed by atoms with Crippen molar-refractivity contribution in [2.24, 2.45) is 0 Å². The minimum absolute atomic E-state index is 0.467. The first kappa shape index (κ1) is 9.68. The first-order valence-electron chi connectivity index (χ1n) is 4.80. The highest BCUT2D eigenvalue weighted by Gasteiger charge is 2.13. The van der Waals surface area contributed by atoms with Crippen LogP contribution in [0.3, 0.4) is 0 Å². The normalized spacial score (nSPS) is 18.1. The highest BCUT2D eigenvalue weighted by atomic mass is 35.5. The van der Waals surface area contributed by atoms with E-state index in [1.54, 1.807) is 12.3 Å². The Morgan fingerprint density at radius 2 is 2.21 bits per heavy atom. The van der Waals surface area contributed by atoms with Gasteiger partial charge >= 0.3 is 0 Å². The number of nitrogens with zero attached hydrogens (tertiary/aromatic N) is 2. The molecule has 0 bridgehead atoms. The molecule has 1 aliphatic rings. The molecule has 0 atom stereocenters. The van der Waals surface area contributed by atoms with E-state index in [0.717, 1.165) is 25.9 Å². The van der Waals surface area contributed by atoms with Crippen LogP contribution >= 0.6 is 11.6 Å². The monoisotopic (exact) mass is 212 g/mol. The Bertz CT molecular complexity index is 299. The van der Waals surface area contributed by atoms with Gasteiger partial charge in [-0.25, -0.2) is 9.97 Å². The van der Waals surface area contributed by atoms with E-state index in [0.29, 0.717) is 17.1 Å². The van der Waals surface area contributed by atoms with Crippen molar-refractivity contribution in [3.8, 4) is 0 Å². The second kappa shape index (κ2) is 4.57. The first-order chi connectivity index (χ1) is 6.84. The minimum Gasteiger partial charge on any atom is -0.351 e. The summed E-state index contributed by atoms with van der Waals surface area (Å²) in [5.74, 6) is 0.629. The fourth-order valence-corrected chi connectivity index (χ4v) is 1.69. The summed E-state index contributed by atoms with van der Waals surface area (Å²) in [5, 5.41) is 7.06. The maximum atomic E-state index is 5.76. The van der Waals surface area contributed by atoms with Gasteiger partial charge in [-0.15, -0.1) is 0 Å². The highest BCUT2D eigenvalue weighted by Crippen LogP contribution is 2.11. The molecule has 4 nitrogen and oxygen atoms in total. The summed E-state index contributed by atoms with van der Waals surface area (Å²) >= 11 is 5.76. The molecule has 5 heteroatoms. The number of piperidine rings is 1. The van der Waals surface area contributed by atoms with Gasteiger partial charge in [-0.3, -0.25) is 0 Å². The smallest absolute Gasteiger partial charge is 0.224 e. The molecule has 2 rings (SSSR count). The molecule has 0 aromatic carbocycles. The van der Waals surface area contributed by atoms with Crippen LogP contribution in [0.25, 0.3) is 0 Å². The van der Waals surface area contributed by atoms with E-state index in [1.165, 1.54) is 0 Å². The molecule has 0 radical (unpaired) electrons. The molecule has 1 fully saturated rings. The largest absolute Gasteiger partial charge is 0.351 e. The van der Waals surface area contributed by atoms with Crippen LogP contribution in [0.5, 0.6) is 0 Å². The first-order valence-corrected chi connectivity index (χ1v) is 5.18. The Morgan fingerprint density at radius 1 is 1.43 bits per heavy atom. The van der Waals surface area contributed by atoms with Gasteiger partial charge < -0.3 is 10.6 Å². The van der Waals surface area contributed by atoms with E-state index < -0.39 is 0 Å². The van der Waals surface area contributed by atoms with E-state index in [9.17, 15) is 0 Å². The van der Waals surface area contributed by atoms with Gasteiger partial charge in [0.1, 0.15) is 5.15 Å². The third-order valence-electron chi connectivity index (χ3n) is 2.29. The summed E-state index contributed by atoms with van der Waals surface area (Å²) in [4.78, 5) is 8.20. The van der Waals surface area contributed by atoms with E-state index in [1.807, 2.05) is 0 Å². The van der Waals surface area contributed by atoms with Crippen LogP contribution < -0.4 is 10.6 Å². The van der Waals surface area contributed by atoms with Crippen LogP contribution in [0.1, 0.15) is 12.8 Å². The molecule has 1 aromatic rings. The number of hydrogen-bond acceptors (Lipinski definition) is 4. The zero-order valence-electron chi connectivity index (χ0n) is 7.83. The average molecular weight is 213 g/mol. The molecule has 2 heterocycles. The number of hydrogen-bond donors (Lipinski definition) is 2. The molecule has 0 amide bonds. The Hall–Kier alpha value is -0.870. The molecule has 2 N–H and O–H groups in total. The summed E-state index contributed by atoms with van der Waals surface area (Å²) in [6, 6.07) is 2.14. The lowest BCUT2D eigenvalue weighted by molar-refractivity contribution is 0.477. The number of halogens is 1. The summed E-state index contributed by atoms with van der Waals surface area (Å²) in [7, 11) is 0. The molecular weight excluding hydrogens is 200 g/mol. The van der Waals surface area contributed by atoms with Crippen LogP contribution in [0.2, 0.25) is 5.15 Å². The molecular formula is C9H13ClN4. The van der Waals surface area contributed by atoms with E-state index in [-0.39, 0.29) is 0 Å². The zero-order chi connectivity index (χ0) is 9.80. The summed E-state index contributed by atoms with van der Waals surface area (Å²) in [5.41, 5.74) is 0. The predicted octanol–water partition coefficient (Wildman–Crippen LogP) is 1.29. The molecule has 0 saturated carbocycles. The van der Waals surface area contributed by atoms with Crippen molar-refractivity contribution in [3.63, 3.8) is 0 Å². The molecule has 14 heavy (non-hydrogen) atoms. The van der Waals surface area contributed by atoms with Gasteiger partial charge in [0, 0.05) is 12.2 Å². The Balaban J connectivity index is 1.95. The quantitative estimate of drug-likeness (QED) is 0.726. The third-order valence-corrected chi connectivity index (χ3v) is 2.50. The summed E-state index contributed by atoms with van der Waals surface area (Å²) in [6.07, 6.45) is 3.88. The lowest BCUT2D eigenvalue weighted by Gasteiger charge is -2.23. The third kappa shape index (κ3) is 2.56. The molecule has 0 spiro atoms. The van der Waals surface area contributed by atoms with Crippen molar-refractivity contribution in [1.82, 2.24) is 15.3 Å². The summed E-state index contributed by atoms with van der Waals surface area (Å²) in [6.45, 7) is 2.11. The van der Waals surface area contributed by atoms with Crippen molar-refractivity contribution in [1.29, 1.82) is 0 Å². The second-order valence-corrected chi connectivity index (χ2v) is 3.76. The molecule has 76 valence electrons. The van der Waals surface area contributed by atoms with Crippen LogP contribution in [0, 0.1) is 0 Å². The summed E-state index contributed by atoms with van der Waals surface area (Å²) < 4.78 is 0. The molecule has 1 saturated heterocycles. The van der Waals surface area contributed by atoms with Crippen molar-refractivity contribution in [3.05, 3.63) is 17.4 Å². The Kier molecular flexibility index (Phi) is 3.16. The van der Waals surface area contributed by atoms with Crippen molar-refractivity contribution >= 4 is 17.5 Å². The molecule has 1 aromatic heterocycles. The number of rotatable bonds is 2. The fraction of sp³-hybridized carbons (Fsp3) is 0.556. The minimum atomic E-state index is 0.467. The lowest BCUT2D eigenvalue weighted by atomic mass is 10.1. The van der Waals surface area contributed by atoms with Crippen molar-refractivity contribution < 1.29 is 0 Å². The van der Waals surface area contributed by atoms with E-state index in [4.69, 9.17) is 11.6 Å². The van der Waals surface area contributed by atoms with Crippen LogP contribution in [0.4, 0.5) is 5.95 Å². The fourth-order valence-electron chi connectivity index (χ4n) is 1.56.